The standard InChI is InChI=1S/C25H22N2O2/c1-17-8-12-19(13-9-17)16-27-24(28)22(20-6-4-3-5-7-20)23(25(27)29)26-21-14-10-18(2)11-15-21/h3-15,26H,16H2,1-2H3. The Kier molecular flexibility index (Phi) is 5.00. The Morgan fingerprint density at radius 3 is 1.93 bits per heavy atom. The van der Waals surface area contributed by atoms with Gasteiger partial charge in [-0.1, -0.05) is 77.9 Å². The molecule has 1 aliphatic rings. The lowest BCUT2D eigenvalue weighted by Crippen LogP contribution is -2.32. The zero-order valence-corrected chi connectivity index (χ0v) is 16.5. The van der Waals surface area contributed by atoms with Gasteiger partial charge >= 0.3 is 0 Å². The first-order valence-electron chi connectivity index (χ1n) is 9.58. The van der Waals surface area contributed by atoms with E-state index in [9.17, 15) is 9.59 Å². The molecule has 0 spiro atoms. The maximum atomic E-state index is 13.2. The molecule has 4 nitrogen and oxygen atoms in total. The van der Waals surface area contributed by atoms with Crippen LogP contribution in [0.1, 0.15) is 22.3 Å². The highest BCUT2D eigenvalue weighted by Gasteiger charge is 2.39. The summed E-state index contributed by atoms with van der Waals surface area (Å²) in [7, 11) is 0. The molecule has 1 aliphatic heterocycles. The molecule has 29 heavy (non-hydrogen) atoms. The molecule has 0 bridgehead atoms. The number of carbonyl (C=O) groups is 2. The third kappa shape index (κ3) is 3.83. The van der Waals surface area contributed by atoms with Crippen LogP contribution < -0.4 is 5.32 Å². The molecule has 0 atom stereocenters. The number of anilines is 1. The van der Waals surface area contributed by atoms with Gasteiger partial charge in [-0.2, -0.15) is 0 Å². The molecule has 4 heteroatoms. The number of nitrogens with zero attached hydrogens (tertiary/aromatic N) is 1. The predicted molar refractivity (Wildman–Crippen MR) is 115 cm³/mol. The van der Waals surface area contributed by atoms with Crippen LogP contribution in [0, 0.1) is 13.8 Å². The molecule has 0 radical (unpaired) electrons. The van der Waals surface area contributed by atoms with Gasteiger partial charge in [0.05, 0.1) is 12.1 Å². The summed E-state index contributed by atoms with van der Waals surface area (Å²) < 4.78 is 0. The third-order valence-corrected chi connectivity index (χ3v) is 5.01. The Morgan fingerprint density at radius 1 is 0.724 bits per heavy atom. The van der Waals surface area contributed by atoms with Gasteiger partial charge in [-0.25, -0.2) is 0 Å². The van der Waals surface area contributed by atoms with E-state index in [0.717, 1.165) is 27.9 Å². The first-order valence-corrected chi connectivity index (χ1v) is 9.58. The van der Waals surface area contributed by atoms with Crippen molar-refractivity contribution in [2.24, 2.45) is 0 Å². The average Bonchev–Trinajstić information content (AvgIpc) is 2.96. The van der Waals surface area contributed by atoms with E-state index in [0.29, 0.717) is 11.3 Å². The molecule has 0 fully saturated rings. The number of hydrogen-bond acceptors (Lipinski definition) is 3. The highest BCUT2D eigenvalue weighted by molar-refractivity contribution is 6.36. The average molecular weight is 382 g/mol. The molecule has 0 saturated heterocycles. The summed E-state index contributed by atoms with van der Waals surface area (Å²) in [4.78, 5) is 27.8. The van der Waals surface area contributed by atoms with E-state index in [-0.39, 0.29) is 18.4 Å². The topological polar surface area (TPSA) is 49.4 Å². The maximum Gasteiger partial charge on any atom is 0.278 e. The second kappa shape index (κ2) is 7.76. The van der Waals surface area contributed by atoms with Crippen LogP contribution in [0.4, 0.5) is 5.69 Å². The molecule has 0 unspecified atom stereocenters. The number of hydrogen-bond donors (Lipinski definition) is 1. The van der Waals surface area contributed by atoms with Gasteiger partial charge in [0.25, 0.3) is 11.8 Å². The number of imide groups is 1. The Labute approximate surface area is 170 Å². The fraction of sp³-hybridized carbons (Fsp3) is 0.120. The molecule has 0 saturated carbocycles. The molecular formula is C25H22N2O2. The second-order valence-corrected chi connectivity index (χ2v) is 7.29. The van der Waals surface area contributed by atoms with Crippen molar-refractivity contribution in [3.63, 3.8) is 0 Å². The number of carbonyl (C=O) groups excluding carboxylic acids is 2. The van der Waals surface area contributed by atoms with Crippen LogP contribution in [0.15, 0.2) is 84.6 Å². The van der Waals surface area contributed by atoms with Crippen molar-refractivity contribution < 1.29 is 9.59 Å². The Bertz CT molecular complexity index is 1080. The first-order chi connectivity index (χ1) is 14.0. The molecule has 3 aromatic carbocycles. The van der Waals surface area contributed by atoms with Crippen molar-refractivity contribution in [2.75, 3.05) is 5.32 Å². The highest BCUT2D eigenvalue weighted by atomic mass is 16.2. The number of benzene rings is 3. The van der Waals surface area contributed by atoms with Crippen molar-refractivity contribution >= 4 is 23.1 Å². The molecule has 1 heterocycles. The normalized spacial score (nSPS) is 13.9. The van der Waals surface area contributed by atoms with E-state index < -0.39 is 0 Å². The number of nitrogens with one attached hydrogen (secondary N) is 1. The van der Waals surface area contributed by atoms with Crippen LogP contribution in [-0.4, -0.2) is 16.7 Å². The lowest BCUT2D eigenvalue weighted by atomic mass is 10.0. The van der Waals surface area contributed by atoms with E-state index in [1.54, 1.807) is 0 Å². The van der Waals surface area contributed by atoms with Crippen molar-refractivity contribution in [1.29, 1.82) is 0 Å². The van der Waals surface area contributed by atoms with E-state index >= 15 is 0 Å². The Balaban J connectivity index is 1.71. The molecule has 4 rings (SSSR count). The lowest BCUT2D eigenvalue weighted by Gasteiger charge is -2.15. The Hall–Kier alpha value is -3.66. The summed E-state index contributed by atoms with van der Waals surface area (Å²) in [5.74, 6) is -0.591. The molecular weight excluding hydrogens is 360 g/mol. The van der Waals surface area contributed by atoms with Crippen molar-refractivity contribution in [3.05, 3.63) is 107 Å². The number of rotatable bonds is 5. The van der Waals surface area contributed by atoms with Crippen LogP contribution >= 0.6 is 0 Å². The summed E-state index contributed by atoms with van der Waals surface area (Å²) >= 11 is 0. The summed E-state index contributed by atoms with van der Waals surface area (Å²) in [6.45, 7) is 4.26. The van der Waals surface area contributed by atoms with Gasteiger partial charge in [-0.3, -0.25) is 14.5 Å². The van der Waals surface area contributed by atoms with Crippen molar-refractivity contribution in [2.45, 2.75) is 20.4 Å². The van der Waals surface area contributed by atoms with Gasteiger partial charge < -0.3 is 5.32 Å². The van der Waals surface area contributed by atoms with Crippen molar-refractivity contribution in [1.82, 2.24) is 4.90 Å². The van der Waals surface area contributed by atoms with Crippen LogP contribution in [0.3, 0.4) is 0 Å². The molecule has 144 valence electrons. The maximum absolute atomic E-state index is 13.2. The van der Waals surface area contributed by atoms with Crippen LogP contribution in [0.25, 0.3) is 5.57 Å². The second-order valence-electron chi connectivity index (χ2n) is 7.29. The largest absolute Gasteiger partial charge is 0.350 e. The van der Waals surface area contributed by atoms with Gasteiger partial charge in [0.15, 0.2) is 0 Å². The van der Waals surface area contributed by atoms with Gasteiger partial charge in [-0.15, -0.1) is 0 Å². The van der Waals surface area contributed by atoms with Crippen LogP contribution in [0.5, 0.6) is 0 Å². The SMILES string of the molecule is Cc1ccc(CN2C(=O)C(Nc3ccc(C)cc3)=C(c3ccccc3)C2=O)cc1. The number of amides is 2. The lowest BCUT2D eigenvalue weighted by molar-refractivity contribution is -0.137. The third-order valence-electron chi connectivity index (χ3n) is 5.01. The zero-order valence-electron chi connectivity index (χ0n) is 16.5. The van der Waals surface area contributed by atoms with Crippen LogP contribution in [0.2, 0.25) is 0 Å². The molecule has 1 N–H and O–H groups in total. The van der Waals surface area contributed by atoms with Gasteiger partial charge in [0.2, 0.25) is 0 Å². The fourth-order valence-corrected chi connectivity index (χ4v) is 3.37. The zero-order chi connectivity index (χ0) is 20.4. The minimum atomic E-state index is -0.310. The Morgan fingerprint density at radius 2 is 1.31 bits per heavy atom. The minimum absolute atomic E-state index is 0.243. The summed E-state index contributed by atoms with van der Waals surface area (Å²) in [5, 5.41) is 3.19. The molecule has 3 aromatic rings. The monoisotopic (exact) mass is 382 g/mol. The highest BCUT2D eigenvalue weighted by Crippen LogP contribution is 2.31. The van der Waals surface area contributed by atoms with Gasteiger partial charge in [-0.05, 0) is 37.1 Å². The van der Waals surface area contributed by atoms with Gasteiger partial charge in [0.1, 0.15) is 5.70 Å². The van der Waals surface area contributed by atoms with E-state index in [1.165, 1.54) is 4.90 Å². The van der Waals surface area contributed by atoms with E-state index in [4.69, 9.17) is 0 Å². The number of aryl methyl sites for hydroxylation is 2. The predicted octanol–water partition coefficient (Wildman–Crippen LogP) is 4.70. The quantitative estimate of drug-likeness (QED) is 0.651. The smallest absolute Gasteiger partial charge is 0.278 e. The van der Waals surface area contributed by atoms with Gasteiger partial charge in [0, 0.05) is 5.69 Å². The molecule has 0 aromatic heterocycles. The molecule has 0 aliphatic carbocycles. The van der Waals surface area contributed by atoms with E-state index in [1.807, 2.05) is 92.7 Å². The van der Waals surface area contributed by atoms with E-state index in [2.05, 4.69) is 5.32 Å². The van der Waals surface area contributed by atoms with Crippen molar-refractivity contribution in [3.8, 4) is 0 Å². The fourth-order valence-electron chi connectivity index (χ4n) is 3.37. The molecule has 2 amide bonds. The summed E-state index contributed by atoms with van der Waals surface area (Å²) in [6.07, 6.45) is 0. The van der Waals surface area contributed by atoms with Crippen LogP contribution in [-0.2, 0) is 16.1 Å². The minimum Gasteiger partial charge on any atom is -0.350 e. The first kappa shape index (κ1) is 18.7. The summed E-state index contributed by atoms with van der Waals surface area (Å²) in [6, 6.07) is 24.9. The summed E-state index contributed by atoms with van der Waals surface area (Å²) in [5.41, 5.74) is 5.41.